The summed E-state index contributed by atoms with van der Waals surface area (Å²) in [6.45, 7) is 4.89. The molecule has 2 heterocycles. The molecule has 6 nitrogen and oxygen atoms in total. The molecule has 0 N–H and O–H groups in total. The van der Waals surface area contributed by atoms with E-state index in [0.29, 0.717) is 24.3 Å². The SMILES string of the molecule is COC(=O)c1ccc(C(=O)N2CCN(C(C)c3ccccc3Cl)CC2)nc1. The molecule has 0 aliphatic carbocycles. The predicted molar refractivity (Wildman–Crippen MR) is 103 cm³/mol. The van der Waals surface area contributed by atoms with Crippen molar-refractivity contribution in [3.8, 4) is 0 Å². The Balaban J connectivity index is 1.61. The number of piperazine rings is 1. The molecule has 1 aliphatic heterocycles. The third-order valence-electron chi connectivity index (χ3n) is 4.91. The first-order valence-corrected chi connectivity index (χ1v) is 9.21. The minimum absolute atomic E-state index is 0.128. The highest BCUT2D eigenvalue weighted by atomic mass is 35.5. The molecule has 1 saturated heterocycles. The van der Waals surface area contributed by atoms with Gasteiger partial charge in [0.15, 0.2) is 0 Å². The van der Waals surface area contributed by atoms with Crippen molar-refractivity contribution in [3.63, 3.8) is 0 Å². The van der Waals surface area contributed by atoms with Crippen molar-refractivity contribution in [3.05, 3.63) is 64.4 Å². The monoisotopic (exact) mass is 387 g/mol. The van der Waals surface area contributed by atoms with Gasteiger partial charge in [-0.3, -0.25) is 14.7 Å². The van der Waals surface area contributed by atoms with Crippen LogP contribution in [0.25, 0.3) is 0 Å². The Kier molecular flexibility index (Phi) is 6.08. The van der Waals surface area contributed by atoms with Crippen LogP contribution in [-0.4, -0.2) is 59.9 Å². The van der Waals surface area contributed by atoms with Gasteiger partial charge in [-0.25, -0.2) is 4.79 Å². The van der Waals surface area contributed by atoms with Gasteiger partial charge in [0.1, 0.15) is 5.69 Å². The lowest BCUT2D eigenvalue weighted by molar-refractivity contribution is 0.0571. The highest BCUT2D eigenvalue weighted by Gasteiger charge is 2.26. The average Bonchev–Trinajstić information content (AvgIpc) is 2.73. The number of benzene rings is 1. The molecule has 1 amide bonds. The van der Waals surface area contributed by atoms with Crippen LogP contribution in [0, 0.1) is 0 Å². The van der Waals surface area contributed by atoms with Gasteiger partial charge < -0.3 is 9.64 Å². The Bertz CT molecular complexity index is 817. The minimum Gasteiger partial charge on any atom is -0.465 e. The first-order chi connectivity index (χ1) is 13.0. The Morgan fingerprint density at radius 3 is 2.41 bits per heavy atom. The highest BCUT2D eigenvalue weighted by Crippen LogP contribution is 2.27. The number of esters is 1. The van der Waals surface area contributed by atoms with Gasteiger partial charge in [-0.15, -0.1) is 0 Å². The van der Waals surface area contributed by atoms with Crippen LogP contribution in [0.3, 0.4) is 0 Å². The van der Waals surface area contributed by atoms with Gasteiger partial charge in [0, 0.05) is 43.4 Å². The number of carbonyl (C=O) groups excluding carboxylic acids is 2. The fraction of sp³-hybridized carbons (Fsp3) is 0.350. The second-order valence-corrected chi connectivity index (χ2v) is 6.86. The molecular formula is C20H22ClN3O3. The van der Waals surface area contributed by atoms with E-state index in [1.165, 1.54) is 13.3 Å². The minimum atomic E-state index is -0.469. The molecule has 0 saturated carbocycles. The van der Waals surface area contributed by atoms with Crippen molar-refractivity contribution < 1.29 is 14.3 Å². The molecular weight excluding hydrogens is 366 g/mol. The van der Waals surface area contributed by atoms with Gasteiger partial charge in [0.05, 0.1) is 12.7 Å². The van der Waals surface area contributed by atoms with Crippen molar-refractivity contribution in [2.24, 2.45) is 0 Å². The lowest BCUT2D eigenvalue weighted by atomic mass is 10.1. The molecule has 27 heavy (non-hydrogen) atoms. The number of ether oxygens (including phenoxy) is 1. The van der Waals surface area contributed by atoms with E-state index in [-0.39, 0.29) is 11.9 Å². The summed E-state index contributed by atoms with van der Waals surface area (Å²) < 4.78 is 4.64. The smallest absolute Gasteiger partial charge is 0.339 e. The van der Waals surface area contributed by atoms with Gasteiger partial charge in [-0.05, 0) is 30.7 Å². The normalized spacial score (nSPS) is 16.0. The number of aromatic nitrogens is 1. The Morgan fingerprint density at radius 2 is 1.81 bits per heavy atom. The summed E-state index contributed by atoms with van der Waals surface area (Å²) in [6, 6.07) is 11.2. The molecule has 1 unspecified atom stereocenters. The van der Waals surface area contributed by atoms with Gasteiger partial charge >= 0.3 is 5.97 Å². The molecule has 0 radical (unpaired) electrons. The van der Waals surface area contributed by atoms with Crippen LogP contribution in [0.5, 0.6) is 0 Å². The quantitative estimate of drug-likeness (QED) is 0.754. The summed E-state index contributed by atoms with van der Waals surface area (Å²) in [6.07, 6.45) is 1.37. The number of amides is 1. The first-order valence-electron chi connectivity index (χ1n) is 8.83. The van der Waals surface area contributed by atoms with E-state index in [2.05, 4.69) is 21.5 Å². The van der Waals surface area contributed by atoms with Gasteiger partial charge in [0.2, 0.25) is 0 Å². The predicted octanol–water partition coefficient (Wildman–Crippen LogP) is 3.04. The van der Waals surface area contributed by atoms with E-state index in [4.69, 9.17) is 11.6 Å². The van der Waals surface area contributed by atoms with Gasteiger partial charge in [0.25, 0.3) is 5.91 Å². The molecule has 3 rings (SSSR count). The van der Waals surface area contributed by atoms with E-state index in [1.807, 2.05) is 24.3 Å². The summed E-state index contributed by atoms with van der Waals surface area (Å²) >= 11 is 6.31. The lowest BCUT2D eigenvalue weighted by Crippen LogP contribution is -2.49. The molecule has 2 aromatic rings. The molecule has 1 fully saturated rings. The number of halogens is 1. The first kappa shape index (κ1) is 19.3. The number of pyridine rings is 1. The van der Waals surface area contributed by atoms with Gasteiger partial charge in [-0.1, -0.05) is 29.8 Å². The van der Waals surface area contributed by atoms with E-state index in [0.717, 1.165) is 23.7 Å². The number of hydrogen-bond donors (Lipinski definition) is 0. The average molecular weight is 388 g/mol. The maximum Gasteiger partial charge on any atom is 0.339 e. The molecule has 142 valence electrons. The fourth-order valence-electron chi connectivity index (χ4n) is 3.24. The molecule has 1 aromatic heterocycles. The summed E-state index contributed by atoms with van der Waals surface area (Å²) in [5.41, 5.74) is 1.75. The number of methoxy groups -OCH3 is 1. The maximum absolute atomic E-state index is 12.7. The summed E-state index contributed by atoms with van der Waals surface area (Å²) in [4.78, 5) is 32.3. The maximum atomic E-state index is 12.7. The van der Waals surface area contributed by atoms with Crippen molar-refractivity contribution in [2.45, 2.75) is 13.0 Å². The number of carbonyl (C=O) groups is 2. The van der Waals surface area contributed by atoms with Crippen LogP contribution in [-0.2, 0) is 4.74 Å². The molecule has 0 bridgehead atoms. The van der Waals surface area contributed by atoms with Crippen molar-refractivity contribution in [2.75, 3.05) is 33.3 Å². The van der Waals surface area contributed by atoms with Crippen LogP contribution in [0.15, 0.2) is 42.6 Å². The highest BCUT2D eigenvalue weighted by molar-refractivity contribution is 6.31. The van der Waals surface area contributed by atoms with Gasteiger partial charge in [-0.2, -0.15) is 0 Å². The molecule has 1 atom stereocenters. The van der Waals surface area contributed by atoms with Crippen LogP contribution in [0.1, 0.15) is 39.4 Å². The van der Waals surface area contributed by atoms with Crippen LogP contribution >= 0.6 is 11.6 Å². The molecule has 1 aromatic carbocycles. The summed E-state index contributed by atoms with van der Waals surface area (Å²) in [5.74, 6) is -0.597. The standard InChI is InChI=1S/C20H22ClN3O3/c1-14(16-5-3-4-6-17(16)21)23-9-11-24(12-10-23)19(25)18-8-7-15(13-22-18)20(26)27-2/h3-8,13-14H,9-12H2,1-2H3. The Hall–Kier alpha value is -2.44. The van der Waals surface area contributed by atoms with Crippen molar-refractivity contribution in [1.29, 1.82) is 0 Å². The molecule has 0 spiro atoms. The van der Waals surface area contributed by atoms with E-state index < -0.39 is 5.97 Å². The van der Waals surface area contributed by atoms with Crippen molar-refractivity contribution >= 4 is 23.5 Å². The lowest BCUT2D eigenvalue weighted by Gasteiger charge is -2.38. The zero-order valence-electron chi connectivity index (χ0n) is 15.4. The zero-order chi connectivity index (χ0) is 19.4. The van der Waals surface area contributed by atoms with Crippen molar-refractivity contribution in [1.82, 2.24) is 14.8 Å². The van der Waals surface area contributed by atoms with E-state index in [9.17, 15) is 9.59 Å². The summed E-state index contributed by atoms with van der Waals surface area (Å²) in [5, 5.41) is 0.762. The second-order valence-electron chi connectivity index (χ2n) is 6.45. The number of nitrogens with zero attached hydrogens (tertiary/aromatic N) is 3. The Morgan fingerprint density at radius 1 is 1.11 bits per heavy atom. The summed E-state index contributed by atoms with van der Waals surface area (Å²) in [7, 11) is 1.31. The molecule has 7 heteroatoms. The second kappa shape index (κ2) is 8.50. The largest absolute Gasteiger partial charge is 0.465 e. The zero-order valence-corrected chi connectivity index (χ0v) is 16.1. The Labute approximate surface area is 163 Å². The molecule has 1 aliphatic rings. The topological polar surface area (TPSA) is 62.7 Å². The number of rotatable bonds is 4. The van der Waals surface area contributed by atoms with Crippen LogP contribution in [0.4, 0.5) is 0 Å². The van der Waals surface area contributed by atoms with E-state index in [1.54, 1.807) is 17.0 Å². The van der Waals surface area contributed by atoms with Crippen LogP contribution < -0.4 is 0 Å². The van der Waals surface area contributed by atoms with E-state index >= 15 is 0 Å². The fourth-order valence-corrected chi connectivity index (χ4v) is 3.54. The third kappa shape index (κ3) is 4.28. The number of hydrogen-bond acceptors (Lipinski definition) is 5. The van der Waals surface area contributed by atoms with Crippen LogP contribution in [0.2, 0.25) is 5.02 Å². The third-order valence-corrected chi connectivity index (χ3v) is 5.25.